The average molecular weight is 377 g/mol. The zero-order valence-corrected chi connectivity index (χ0v) is 17.4. The van der Waals surface area contributed by atoms with E-state index < -0.39 is 0 Å². The average Bonchev–Trinajstić information content (AvgIpc) is 2.65. The van der Waals surface area contributed by atoms with Crippen LogP contribution in [0, 0.1) is 0 Å². The molecule has 26 heavy (non-hydrogen) atoms. The molecule has 0 N–H and O–H groups in total. The molecular weight excluding hydrogens is 344 g/mol. The predicted molar refractivity (Wildman–Crippen MR) is 109 cm³/mol. The lowest BCUT2D eigenvalue weighted by molar-refractivity contribution is -0.0247. The number of likely N-dealkylation sites (tertiary alicyclic amines) is 1. The number of rotatable bonds is 3. The summed E-state index contributed by atoms with van der Waals surface area (Å²) in [7, 11) is 5.93. The van der Waals surface area contributed by atoms with Gasteiger partial charge in [0, 0.05) is 63.8 Å². The van der Waals surface area contributed by atoms with E-state index in [1.807, 2.05) is 19.0 Å². The summed E-state index contributed by atoms with van der Waals surface area (Å²) in [5.41, 5.74) is 1.61. The first-order chi connectivity index (χ1) is 12.4. The van der Waals surface area contributed by atoms with Crippen LogP contribution in [0.1, 0.15) is 18.4 Å². The number of nitrogens with zero attached hydrogens (tertiary/aromatic N) is 4. The van der Waals surface area contributed by atoms with Crippen molar-refractivity contribution in [3.05, 3.63) is 29.8 Å². The Morgan fingerprint density at radius 1 is 1.19 bits per heavy atom. The molecule has 1 aromatic rings. The molecule has 0 unspecified atom stereocenters. The van der Waals surface area contributed by atoms with E-state index in [4.69, 9.17) is 0 Å². The Bertz CT molecular complexity index is 628. The van der Waals surface area contributed by atoms with Gasteiger partial charge in [0.05, 0.1) is 0 Å². The van der Waals surface area contributed by atoms with Crippen LogP contribution in [0.5, 0.6) is 0 Å². The third-order valence-electron chi connectivity index (χ3n) is 5.97. The van der Waals surface area contributed by atoms with Crippen molar-refractivity contribution in [3.8, 4) is 0 Å². The van der Waals surface area contributed by atoms with Gasteiger partial charge in [-0.1, -0.05) is 12.1 Å². The fourth-order valence-corrected chi connectivity index (χ4v) is 4.73. The number of amides is 2. The molecule has 2 fully saturated rings. The lowest BCUT2D eigenvalue weighted by Gasteiger charge is -2.53. The van der Waals surface area contributed by atoms with Gasteiger partial charge in [-0.15, -0.1) is 11.8 Å². The van der Waals surface area contributed by atoms with Crippen LogP contribution in [0.3, 0.4) is 0 Å². The number of thioether (sulfide) groups is 1. The predicted octanol–water partition coefficient (Wildman–Crippen LogP) is 2.67. The summed E-state index contributed by atoms with van der Waals surface area (Å²) >= 11 is 1.80. The van der Waals surface area contributed by atoms with E-state index in [1.165, 1.54) is 10.5 Å². The van der Waals surface area contributed by atoms with Crippen molar-refractivity contribution >= 4 is 17.8 Å². The van der Waals surface area contributed by atoms with Crippen LogP contribution in [-0.4, -0.2) is 91.3 Å². The van der Waals surface area contributed by atoms with Crippen LogP contribution in [0.4, 0.5) is 4.79 Å². The van der Waals surface area contributed by atoms with Crippen molar-refractivity contribution in [1.82, 2.24) is 19.6 Å². The highest BCUT2D eigenvalue weighted by Gasteiger charge is 2.42. The Morgan fingerprint density at radius 2 is 1.92 bits per heavy atom. The van der Waals surface area contributed by atoms with E-state index in [0.717, 1.165) is 52.1 Å². The molecule has 6 heteroatoms. The van der Waals surface area contributed by atoms with E-state index in [1.54, 1.807) is 16.7 Å². The number of likely N-dealkylation sites (N-methyl/N-ethyl adjacent to an activating group) is 1. The van der Waals surface area contributed by atoms with Crippen molar-refractivity contribution in [2.45, 2.75) is 29.8 Å². The van der Waals surface area contributed by atoms with Gasteiger partial charge in [-0.25, -0.2) is 4.79 Å². The molecule has 1 aromatic carbocycles. The number of piperazine rings is 1. The van der Waals surface area contributed by atoms with Gasteiger partial charge >= 0.3 is 6.03 Å². The van der Waals surface area contributed by atoms with Gasteiger partial charge in [-0.05, 0) is 43.8 Å². The summed E-state index contributed by atoms with van der Waals surface area (Å²) in [5, 5.41) is 0. The van der Waals surface area contributed by atoms with Crippen molar-refractivity contribution in [2.75, 3.05) is 60.1 Å². The Balaban J connectivity index is 1.64. The van der Waals surface area contributed by atoms with Crippen LogP contribution < -0.4 is 0 Å². The summed E-state index contributed by atoms with van der Waals surface area (Å²) in [6, 6.07) is 9.04. The summed E-state index contributed by atoms with van der Waals surface area (Å²) in [6.45, 7) is 6.04. The molecule has 2 saturated heterocycles. The van der Waals surface area contributed by atoms with Gasteiger partial charge in [-0.2, -0.15) is 0 Å². The first-order valence-electron chi connectivity index (χ1n) is 9.46. The number of carbonyl (C=O) groups is 1. The molecule has 0 bridgehead atoms. The normalized spacial score (nSPS) is 21.2. The summed E-state index contributed by atoms with van der Waals surface area (Å²) in [5.74, 6) is 0. The van der Waals surface area contributed by atoms with Crippen LogP contribution >= 0.6 is 11.8 Å². The Hall–Kier alpha value is -1.24. The zero-order chi connectivity index (χ0) is 18.7. The van der Waals surface area contributed by atoms with Crippen molar-refractivity contribution < 1.29 is 4.79 Å². The van der Waals surface area contributed by atoms with Crippen molar-refractivity contribution in [1.29, 1.82) is 0 Å². The third kappa shape index (κ3) is 4.18. The molecule has 2 aliphatic rings. The number of piperidine rings is 1. The van der Waals surface area contributed by atoms with Gasteiger partial charge in [0.25, 0.3) is 0 Å². The molecule has 2 amide bonds. The van der Waals surface area contributed by atoms with Crippen LogP contribution in [-0.2, 0) is 6.54 Å². The van der Waals surface area contributed by atoms with Crippen LogP contribution in [0.15, 0.2) is 29.2 Å². The smallest absolute Gasteiger partial charge is 0.319 e. The zero-order valence-electron chi connectivity index (χ0n) is 16.6. The summed E-state index contributed by atoms with van der Waals surface area (Å²) in [4.78, 5) is 22.4. The fraction of sp³-hybridized carbons (Fsp3) is 0.650. The molecule has 0 aliphatic carbocycles. The minimum Gasteiger partial charge on any atom is -0.331 e. The van der Waals surface area contributed by atoms with Crippen molar-refractivity contribution in [3.63, 3.8) is 0 Å². The topological polar surface area (TPSA) is 30.0 Å². The van der Waals surface area contributed by atoms with Gasteiger partial charge in [0.15, 0.2) is 0 Å². The highest BCUT2D eigenvalue weighted by Crippen LogP contribution is 2.32. The molecule has 0 atom stereocenters. The molecule has 1 spiro atoms. The second-order valence-electron chi connectivity index (χ2n) is 7.87. The SMILES string of the molecule is CSc1cccc(CN2CCN(C)C3(CCN(C(=O)N(C)C)CC3)C2)c1. The molecule has 3 rings (SSSR count). The lowest BCUT2D eigenvalue weighted by atomic mass is 9.83. The first kappa shape index (κ1) is 19.5. The molecule has 0 aromatic heterocycles. The monoisotopic (exact) mass is 376 g/mol. The summed E-state index contributed by atoms with van der Waals surface area (Å²) < 4.78 is 0. The minimum absolute atomic E-state index is 0.143. The van der Waals surface area contributed by atoms with E-state index in [0.29, 0.717) is 0 Å². The molecular formula is C20H32N4OS. The van der Waals surface area contributed by atoms with Crippen molar-refractivity contribution in [2.24, 2.45) is 0 Å². The first-order valence-corrected chi connectivity index (χ1v) is 10.7. The standard InChI is InChI=1S/C20H32N4OS/c1-21(2)19(25)24-10-8-20(9-11-24)16-23(13-12-22(20)3)15-17-6-5-7-18(14-17)26-4/h5-7,14H,8-13,15-16H2,1-4H3. The summed E-state index contributed by atoms with van der Waals surface area (Å²) in [6.07, 6.45) is 4.25. The molecule has 144 valence electrons. The van der Waals surface area contributed by atoms with Gasteiger partial charge in [0.2, 0.25) is 0 Å². The second-order valence-corrected chi connectivity index (χ2v) is 8.75. The van der Waals surface area contributed by atoms with E-state index in [-0.39, 0.29) is 11.6 Å². The second kappa shape index (κ2) is 8.19. The van der Waals surface area contributed by atoms with Gasteiger partial charge in [0.1, 0.15) is 0 Å². The molecule has 2 aliphatic heterocycles. The van der Waals surface area contributed by atoms with E-state index >= 15 is 0 Å². The Kier molecular flexibility index (Phi) is 6.15. The maximum Gasteiger partial charge on any atom is 0.319 e. The maximum absolute atomic E-state index is 12.2. The van der Waals surface area contributed by atoms with E-state index in [2.05, 4.69) is 47.4 Å². The fourth-order valence-electron chi connectivity index (χ4n) is 4.25. The molecule has 0 saturated carbocycles. The van der Waals surface area contributed by atoms with E-state index in [9.17, 15) is 4.79 Å². The number of carbonyl (C=O) groups excluding carboxylic acids is 1. The number of hydrogen-bond acceptors (Lipinski definition) is 4. The number of hydrogen-bond donors (Lipinski definition) is 0. The molecule has 5 nitrogen and oxygen atoms in total. The highest BCUT2D eigenvalue weighted by molar-refractivity contribution is 7.98. The minimum atomic E-state index is 0.143. The largest absolute Gasteiger partial charge is 0.331 e. The number of urea groups is 1. The maximum atomic E-state index is 12.2. The third-order valence-corrected chi connectivity index (χ3v) is 6.69. The molecule has 0 radical (unpaired) electrons. The molecule has 2 heterocycles. The number of benzene rings is 1. The Labute approximate surface area is 162 Å². The van der Waals surface area contributed by atoms with Crippen LogP contribution in [0.25, 0.3) is 0 Å². The Morgan fingerprint density at radius 3 is 2.58 bits per heavy atom. The van der Waals surface area contributed by atoms with Gasteiger partial charge in [-0.3, -0.25) is 9.80 Å². The lowest BCUT2D eigenvalue weighted by Crippen LogP contribution is -2.64. The quantitative estimate of drug-likeness (QED) is 0.759. The van der Waals surface area contributed by atoms with Gasteiger partial charge < -0.3 is 9.80 Å². The van der Waals surface area contributed by atoms with Crippen LogP contribution in [0.2, 0.25) is 0 Å². The highest BCUT2D eigenvalue weighted by atomic mass is 32.2.